The van der Waals surface area contributed by atoms with Crippen LogP contribution in [0.5, 0.6) is 0 Å². The number of nitriles is 2. The number of hydrogen-bond acceptors (Lipinski definition) is 5. The molecule has 0 aromatic carbocycles. The van der Waals surface area contributed by atoms with E-state index >= 15 is 0 Å². The van der Waals surface area contributed by atoms with E-state index < -0.39 is 0 Å². The molecule has 0 amide bonds. The van der Waals surface area contributed by atoms with E-state index in [9.17, 15) is 0 Å². The van der Waals surface area contributed by atoms with Crippen LogP contribution < -0.4 is 0 Å². The first-order chi connectivity index (χ1) is 3.83. The first-order valence-electron chi connectivity index (χ1n) is 1.06. The van der Waals surface area contributed by atoms with E-state index in [1.54, 1.807) is 0 Å². The van der Waals surface area contributed by atoms with Crippen molar-refractivity contribution in [2.24, 2.45) is 0 Å². The zero-order valence-corrected chi connectivity index (χ0v) is 8.84. The molecule has 0 fully saturated rings. The maximum absolute atomic E-state index is 8.39. The molecule has 0 aromatic heterocycles. The second-order valence-corrected chi connectivity index (χ2v) is 0.548. The summed E-state index contributed by atoms with van der Waals surface area (Å²) >= 11 is 7.45. The van der Waals surface area contributed by atoms with Gasteiger partial charge in [0.25, 0.3) is 0 Å². The van der Waals surface area contributed by atoms with Crippen LogP contribution in [0.3, 0.4) is 0 Å². The topological polar surface area (TPSA) is 64.7 Å². The molecule has 0 unspecified atom stereocenters. The monoisotopic (exact) mass is 312 g/mol. The molecule has 6 heteroatoms. The molecule has 0 rings (SSSR count). The van der Waals surface area contributed by atoms with Crippen molar-refractivity contribution in [1.82, 2.24) is 0 Å². The van der Waals surface area contributed by atoms with Crippen LogP contribution in [0, 0.1) is 21.3 Å². The average Bonchev–Trinajstić information content (AvgIpc) is 1.75. The Kier molecular flexibility index (Phi) is 118. The molecule has 0 saturated carbocycles. The van der Waals surface area contributed by atoms with E-state index in [-0.39, 0.29) is 24.4 Å². The molecule has 0 saturated heterocycles. The van der Waals surface area contributed by atoms with Crippen molar-refractivity contribution in [2.75, 3.05) is 0 Å². The van der Waals surface area contributed by atoms with Gasteiger partial charge in [-0.2, -0.15) is 0 Å². The Morgan fingerprint density at radius 3 is 1.12 bits per heavy atom. The number of nitrogens with zero attached hydrogens (tertiary/aromatic N) is 2. The number of thiocyanates is 2. The van der Waals surface area contributed by atoms with Crippen molar-refractivity contribution in [1.29, 1.82) is 10.5 Å². The molecule has 0 bridgehead atoms. The van der Waals surface area contributed by atoms with E-state index in [4.69, 9.17) is 13.4 Å². The van der Waals surface area contributed by atoms with Gasteiger partial charge in [0.1, 0.15) is 0 Å². The van der Waals surface area contributed by atoms with E-state index in [0.717, 1.165) is 0 Å². The molecule has 0 aliphatic heterocycles. The van der Waals surface area contributed by atoms with Gasteiger partial charge in [-0.25, -0.2) is 10.5 Å². The van der Waals surface area contributed by atoms with Crippen molar-refractivity contribution in [3.05, 3.63) is 0 Å². The second kappa shape index (κ2) is 60.2. The van der Waals surface area contributed by atoms with Crippen LogP contribution in [-0.4, -0.2) is 0 Å². The molecule has 0 aromatic rings. The van der Waals surface area contributed by atoms with E-state index in [2.05, 4.69) is 25.3 Å². The Morgan fingerprint density at radius 2 is 1.12 bits per heavy atom. The Hall–Kier alpha value is 0.0901. The Balaban J connectivity index is -0.0000000483. The number of rotatable bonds is 0. The van der Waals surface area contributed by atoms with Gasteiger partial charge >= 0.3 is 27.2 Å². The third-order valence-electron chi connectivity index (χ3n) is 0. The van der Waals surface area contributed by atoms with Gasteiger partial charge in [-0.05, 0) is 0 Å². The molecule has 0 radical (unpaired) electrons. The molecule has 3 nitrogen and oxygen atoms in total. The fourth-order valence-electron chi connectivity index (χ4n) is 0. The van der Waals surface area contributed by atoms with Crippen LogP contribution in [0.2, 0.25) is 0 Å². The van der Waals surface area contributed by atoms with Crippen LogP contribution in [0.1, 0.15) is 0 Å². The molecule has 0 spiro atoms. The summed E-state index contributed by atoms with van der Waals surface area (Å²) in [5, 5.41) is 16.9. The first-order valence-corrected chi connectivity index (χ1v) is 3.34. The molecule has 8 heavy (non-hydrogen) atoms. The van der Waals surface area contributed by atoms with Crippen molar-refractivity contribution in [3.8, 4) is 10.8 Å². The van der Waals surface area contributed by atoms with Gasteiger partial charge in [0.15, 0.2) is 0 Å². The zero-order chi connectivity index (χ0) is 7.41. The van der Waals surface area contributed by atoms with Crippen LogP contribution in [0.15, 0.2) is 0 Å². The van der Waals surface area contributed by atoms with Crippen molar-refractivity contribution in [3.63, 3.8) is 0 Å². The van der Waals surface area contributed by atoms with Crippen molar-refractivity contribution >= 4 is 25.3 Å². The van der Waals surface area contributed by atoms with Gasteiger partial charge in [0.05, 0.1) is 0 Å². The fraction of sp³-hybridized carbons (Fsp3) is 0. The fourth-order valence-corrected chi connectivity index (χ4v) is 0. The van der Waals surface area contributed by atoms with Gasteiger partial charge in [-0.3, -0.25) is 0 Å². The van der Waals surface area contributed by atoms with Gasteiger partial charge < -0.3 is 25.3 Å². The van der Waals surface area contributed by atoms with Gasteiger partial charge in [-0.15, -0.1) is 0 Å². The van der Waals surface area contributed by atoms with E-state index in [1.807, 2.05) is 0 Å². The van der Waals surface area contributed by atoms with Crippen LogP contribution in [0.25, 0.3) is 0 Å². The summed E-state index contributed by atoms with van der Waals surface area (Å²) in [6.07, 6.45) is 0. The summed E-state index contributed by atoms with van der Waals surface area (Å²) in [6.45, 7) is 0. The average molecular weight is 311 g/mol. The molecule has 0 N–H and O–H groups in total. The quantitative estimate of drug-likeness (QED) is 0.355. The minimum atomic E-state index is 0.0556. The van der Waals surface area contributed by atoms with Crippen molar-refractivity contribution in [2.45, 2.75) is 0 Å². The summed E-state index contributed by atoms with van der Waals surface area (Å²) in [5.41, 5.74) is 0. The predicted molar refractivity (Wildman–Crippen MR) is 26.6 cm³/mol. The van der Waals surface area contributed by atoms with Crippen LogP contribution in [-0.2, 0) is 52.5 Å². The minimum absolute atomic E-state index is 0.0556. The second-order valence-electron chi connectivity index (χ2n) is 0.183. The third kappa shape index (κ3) is 19400. The molecule has 0 aliphatic rings. The number of hydrogen-bond donors (Lipinski definition) is 0. The molecular formula is C2HfN2OS2. The Bertz CT molecular complexity index is 83.2. The molecular weight excluding hydrogens is 311 g/mol. The summed E-state index contributed by atoms with van der Waals surface area (Å²) in [7, 11) is 0. The molecule has 0 aliphatic carbocycles. The summed E-state index contributed by atoms with van der Waals surface area (Å²) in [5.74, 6) is 0. The molecule has 0 heterocycles. The Morgan fingerprint density at radius 1 is 1.12 bits per heavy atom. The Labute approximate surface area is 73.5 Å². The van der Waals surface area contributed by atoms with Gasteiger partial charge in [-0.1, -0.05) is 10.8 Å². The zero-order valence-electron chi connectivity index (χ0n) is 3.62. The summed E-state index contributed by atoms with van der Waals surface area (Å²) in [6, 6.07) is 0. The molecule has 0 atom stereocenters. The van der Waals surface area contributed by atoms with Crippen LogP contribution in [0.4, 0.5) is 0 Å². The molecule has 40 valence electrons. The van der Waals surface area contributed by atoms with Gasteiger partial charge in [0.2, 0.25) is 0 Å². The maximum atomic E-state index is 8.39. The van der Waals surface area contributed by atoms with Crippen LogP contribution >= 0.6 is 0 Å². The van der Waals surface area contributed by atoms with Crippen molar-refractivity contribution < 1.29 is 27.2 Å². The summed E-state index contributed by atoms with van der Waals surface area (Å²) < 4.78 is 8.39. The third-order valence-corrected chi connectivity index (χ3v) is 0. The normalized spacial score (nSPS) is 2.50. The predicted octanol–water partition coefficient (Wildman–Crippen LogP) is -0.0925. The summed E-state index contributed by atoms with van der Waals surface area (Å²) in [4.78, 5) is 0. The van der Waals surface area contributed by atoms with E-state index in [0.29, 0.717) is 0 Å². The first kappa shape index (κ1) is 15.7. The standard InChI is InChI=1S/2CHNS.Hf.O/c2*2-1-3;;/h2*3H;;/q;;+2;/p-2. The van der Waals surface area contributed by atoms with E-state index in [1.165, 1.54) is 10.8 Å². The SMILES string of the molecule is N#C[S-].N#C[S-].[O]=[Hf+2]. The van der Waals surface area contributed by atoms with Gasteiger partial charge in [0, 0.05) is 0 Å².